The molecule has 9 nitrogen and oxygen atoms in total. The highest BCUT2D eigenvalue weighted by Crippen LogP contribution is 2.30. The van der Waals surface area contributed by atoms with E-state index in [1.54, 1.807) is 39.0 Å². The first-order valence-corrected chi connectivity index (χ1v) is 13.4. The molecule has 3 rings (SSSR count). The summed E-state index contributed by atoms with van der Waals surface area (Å²) in [6, 6.07) is 9.89. The van der Waals surface area contributed by atoms with Crippen LogP contribution in [-0.2, 0) is 22.6 Å². The minimum Gasteiger partial charge on any atom is -0.444 e. The minimum atomic E-state index is -4.52. The van der Waals surface area contributed by atoms with Gasteiger partial charge < -0.3 is 15.4 Å². The highest BCUT2D eigenvalue weighted by molar-refractivity contribution is 6.42. The number of hydrogen-bond donors (Lipinski definition) is 2. The molecule has 0 radical (unpaired) electrons. The van der Waals surface area contributed by atoms with Crippen molar-refractivity contribution < 1.29 is 27.5 Å². The summed E-state index contributed by atoms with van der Waals surface area (Å²) >= 11 is 18.4. The number of rotatable bonds is 9. The van der Waals surface area contributed by atoms with Crippen molar-refractivity contribution >= 4 is 46.8 Å². The van der Waals surface area contributed by atoms with Crippen molar-refractivity contribution in [2.45, 2.75) is 58.1 Å². The van der Waals surface area contributed by atoms with E-state index < -0.39 is 55.0 Å². The lowest BCUT2D eigenvalue weighted by molar-refractivity contribution is -0.136. The molecule has 41 heavy (non-hydrogen) atoms. The lowest BCUT2D eigenvalue weighted by atomic mass is 10.1. The predicted molar refractivity (Wildman–Crippen MR) is 149 cm³/mol. The first-order chi connectivity index (χ1) is 19.0. The number of aromatic nitrogens is 3. The van der Waals surface area contributed by atoms with E-state index in [-0.39, 0.29) is 22.4 Å². The lowest BCUT2D eigenvalue weighted by Crippen LogP contribution is -2.42. The quantitative estimate of drug-likeness (QED) is 0.299. The normalized spacial score (nSPS) is 12.6. The monoisotopic (exact) mass is 635 g/mol. The van der Waals surface area contributed by atoms with Crippen molar-refractivity contribution in [1.82, 2.24) is 25.0 Å². The number of hydrogen-bond acceptors (Lipinski definition) is 5. The number of benzene rings is 2. The fourth-order valence-corrected chi connectivity index (χ4v) is 4.25. The molecular formula is C26H27Cl3F3N5O4. The third kappa shape index (κ3) is 9.40. The Balaban J connectivity index is 1.83. The summed E-state index contributed by atoms with van der Waals surface area (Å²) < 4.78 is 45.8. The van der Waals surface area contributed by atoms with E-state index in [2.05, 4.69) is 15.7 Å². The molecule has 3 aromatic rings. The van der Waals surface area contributed by atoms with Crippen LogP contribution in [0.25, 0.3) is 11.4 Å². The van der Waals surface area contributed by atoms with Crippen LogP contribution in [0.3, 0.4) is 0 Å². The van der Waals surface area contributed by atoms with Gasteiger partial charge in [0.1, 0.15) is 12.1 Å². The molecule has 2 amide bonds. The summed E-state index contributed by atoms with van der Waals surface area (Å²) in [7, 11) is 0. The van der Waals surface area contributed by atoms with Crippen LogP contribution in [0.5, 0.6) is 0 Å². The number of ether oxygens (including phenoxy) is 1. The highest BCUT2D eigenvalue weighted by atomic mass is 35.5. The molecule has 1 aromatic heterocycles. The van der Waals surface area contributed by atoms with Crippen LogP contribution < -0.4 is 16.3 Å². The first-order valence-electron chi connectivity index (χ1n) is 12.2. The standard InChI is InChI=1S/C26H27Cl3F3N5O4/c1-25(2,3)41-23(39)34-19(17-5-4-6-18(28)21(17)29)13-33-20(38)14-37-24(40)36(12-11-26(30,31)32)22(35-37)15-7-9-16(27)10-8-15/h4-10,19H,11-14H2,1-3H3,(H,33,38)(H,34,39). The lowest BCUT2D eigenvalue weighted by Gasteiger charge is -2.25. The predicted octanol–water partition coefficient (Wildman–Crippen LogP) is 6.01. The zero-order valence-electron chi connectivity index (χ0n) is 22.2. The van der Waals surface area contributed by atoms with Crippen molar-refractivity contribution in [3.8, 4) is 11.4 Å². The molecule has 0 aliphatic rings. The number of halogens is 6. The molecule has 222 valence electrons. The Morgan fingerprint density at radius 3 is 2.32 bits per heavy atom. The van der Waals surface area contributed by atoms with Crippen LogP contribution in [0.15, 0.2) is 47.3 Å². The van der Waals surface area contributed by atoms with Crippen molar-refractivity contribution in [3.63, 3.8) is 0 Å². The molecule has 0 aliphatic carbocycles. The maximum atomic E-state index is 13.0. The van der Waals surface area contributed by atoms with Crippen LogP contribution in [0, 0.1) is 0 Å². The Labute approximate surface area is 248 Å². The van der Waals surface area contributed by atoms with Crippen molar-refractivity contribution in [1.29, 1.82) is 0 Å². The molecule has 0 spiro atoms. The van der Waals surface area contributed by atoms with E-state index in [1.807, 2.05) is 0 Å². The van der Waals surface area contributed by atoms with Gasteiger partial charge in [0.05, 0.1) is 22.5 Å². The third-order valence-electron chi connectivity index (χ3n) is 5.49. The zero-order valence-corrected chi connectivity index (χ0v) is 24.5. The van der Waals surface area contributed by atoms with Crippen molar-refractivity contribution in [2.24, 2.45) is 0 Å². The number of alkyl carbamates (subject to hydrolysis) is 1. The second-order valence-corrected chi connectivity index (χ2v) is 11.2. The Bertz CT molecular complexity index is 1450. The summed E-state index contributed by atoms with van der Waals surface area (Å²) in [6.45, 7) is 3.54. The fraction of sp³-hybridized carbons (Fsp3) is 0.385. The summed E-state index contributed by atoms with van der Waals surface area (Å²) in [5, 5.41) is 10.1. The molecule has 0 saturated heterocycles. The van der Waals surface area contributed by atoms with Gasteiger partial charge in [0.2, 0.25) is 5.91 Å². The van der Waals surface area contributed by atoms with E-state index in [1.165, 1.54) is 24.3 Å². The van der Waals surface area contributed by atoms with Crippen molar-refractivity contribution in [2.75, 3.05) is 6.54 Å². The summed E-state index contributed by atoms with van der Waals surface area (Å²) in [5.74, 6) is -0.761. The van der Waals surface area contributed by atoms with Gasteiger partial charge in [0.15, 0.2) is 5.82 Å². The number of carbonyl (C=O) groups excluding carboxylic acids is 2. The van der Waals surface area contributed by atoms with Gasteiger partial charge in [-0.15, -0.1) is 5.10 Å². The zero-order chi connectivity index (χ0) is 30.5. The SMILES string of the molecule is CC(C)(C)OC(=O)NC(CNC(=O)Cn1nc(-c2ccc(Cl)cc2)n(CCC(F)(F)F)c1=O)c1cccc(Cl)c1Cl. The van der Waals surface area contributed by atoms with Gasteiger partial charge in [-0.2, -0.15) is 13.2 Å². The number of amides is 2. The van der Waals surface area contributed by atoms with E-state index >= 15 is 0 Å². The molecule has 1 atom stereocenters. The van der Waals surface area contributed by atoms with Gasteiger partial charge >= 0.3 is 18.0 Å². The number of nitrogens with one attached hydrogen (secondary N) is 2. The van der Waals surface area contributed by atoms with Gasteiger partial charge in [0.25, 0.3) is 0 Å². The number of alkyl halides is 3. The average molecular weight is 637 g/mol. The van der Waals surface area contributed by atoms with Crippen LogP contribution in [-0.4, -0.2) is 44.7 Å². The van der Waals surface area contributed by atoms with Crippen LogP contribution >= 0.6 is 34.8 Å². The molecule has 2 N–H and O–H groups in total. The first kappa shape index (κ1) is 32.3. The summed E-state index contributed by atoms with van der Waals surface area (Å²) in [6.07, 6.45) is -6.57. The Morgan fingerprint density at radius 1 is 1.05 bits per heavy atom. The van der Waals surface area contributed by atoms with E-state index in [9.17, 15) is 27.6 Å². The number of nitrogens with zero attached hydrogens (tertiary/aromatic N) is 3. The maximum Gasteiger partial charge on any atom is 0.408 e. The van der Waals surface area contributed by atoms with Crippen LogP contribution in [0.1, 0.15) is 38.8 Å². The topological polar surface area (TPSA) is 107 Å². The molecule has 0 fully saturated rings. The maximum absolute atomic E-state index is 13.0. The van der Waals surface area contributed by atoms with Gasteiger partial charge in [-0.25, -0.2) is 14.3 Å². The second-order valence-electron chi connectivity index (χ2n) is 9.93. The minimum absolute atomic E-state index is 0.0566. The van der Waals surface area contributed by atoms with Gasteiger partial charge in [-0.3, -0.25) is 9.36 Å². The number of carbonyl (C=O) groups is 2. The van der Waals surface area contributed by atoms with Crippen LogP contribution in [0.2, 0.25) is 15.1 Å². The molecule has 0 bridgehead atoms. The molecule has 0 aliphatic heterocycles. The van der Waals surface area contributed by atoms with E-state index in [0.29, 0.717) is 16.1 Å². The van der Waals surface area contributed by atoms with Gasteiger partial charge in [-0.05, 0) is 56.7 Å². The summed E-state index contributed by atoms with van der Waals surface area (Å²) in [5.41, 5.74) is -0.978. The second kappa shape index (κ2) is 13.2. The fourth-order valence-electron chi connectivity index (χ4n) is 3.68. The average Bonchev–Trinajstić information content (AvgIpc) is 3.16. The molecule has 1 heterocycles. The van der Waals surface area contributed by atoms with E-state index in [4.69, 9.17) is 39.5 Å². The Hall–Kier alpha value is -3.22. The largest absolute Gasteiger partial charge is 0.444 e. The molecule has 2 aromatic carbocycles. The molecule has 0 saturated carbocycles. The van der Waals surface area contributed by atoms with Crippen LogP contribution in [0.4, 0.5) is 18.0 Å². The molecule has 1 unspecified atom stereocenters. The van der Waals surface area contributed by atoms with E-state index in [0.717, 1.165) is 9.25 Å². The third-order valence-corrected chi connectivity index (χ3v) is 6.57. The van der Waals surface area contributed by atoms with Gasteiger partial charge in [-0.1, -0.05) is 46.9 Å². The smallest absolute Gasteiger partial charge is 0.408 e. The highest BCUT2D eigenvalue weighted by Gasteiger charge is 2.29. The Morgan fingerprint density at radius 2 is 1.71 bits per heavy atom. The molecular weight excluding hydrogens is 610 g/mol. The van der Waals surface area contributed by atoms with Crippen molar-refractivity contribution in [3.05, 3.63) is 73.6 Å². The van der Waals surface area contributed by atoms with Gasteiger partial charge in [0, 0.05) is 23.7 Å². The Kier molecular flexibility index (Phi) is 10.4. The molecule has 15 heteroatoms. The summed E-state index contributed by atoms with van der Waals surface area (Å²) in [4.78, 5) is 38.3.